The highest BCUT2D eigenvalue weighted by Crippen LogP contribution is 2.52. The number of carbonyl (C=O) groups is 1. The third-order valence-corrected chi connectivity index (χ3v) is 4.85. The first-order valence-corrected chi connectivity index (χ1v) is 6.95. The van der Waals surface area contributed by atoms with Crippen molar-refractivity contribution in [3.8, 4) is 0 Å². The normalized spacial score (nSPS) is 37.7. The Morgan fingerprint density at radius 3 is 2.33 bits per heavy atom. The molecule has 0 radical (unpaired) electrons. The molecule has 18 heavy (non-hydrogen) atoms. The molecule has 1 aliphatic heterocycles. The average molecular weight is 254 g/mol. The summed E-state index contributed by atoms with van der Waals surface area (Å²) >= 11 is 0. The van der Waals surface area contributed by atoms with Gasteiger partial charge >= 0.3 is 0 Å². The van der Waals surface area contributed by atoms with Gasteiger partial charge in [0.15, 0.2) is 0 Å². The molecule has 104 valence electrons. The third-order valence-electron chi connectivity index (χ3n) is 4.85. The second-order valence-electron chi connectivity index (χ2n) is 6.92. The molecule has 1 unspecified atom stereocenters. The van der Waals surface area contributed by atoms with E-state index in [1.54, 1.807) is 0 Å². The van der Waals surface area contributed by atoms with Crippen LogP contribution in [0.1, 0.15) is 47.0 Å². The van der Waals surface area contributed by atoms with Crippen LogP contribution in [-0.4, -0.2) is 30.7 Å². The summed E-state index contributed by atoms with van der Waals surface area (Å²) in [6.07, 6.45) is 2.72. The summed E-state index contributed by atoms with van der Waals surface area (Å²) in [6.45, 7) is 9.19. The molecule has 3 N–H and O–H groups in total. The molecule has 1 saturated carbocycles. The first-order valence-electron chi connectivity index (χ1n) is 6.95. The molecule has 0 aromatic rings. The Balaban J connectivity index is 1.98. The molecule has 0 aromatic heterocycles. The average Bonchev–Trinajstić information content (AvgIpc) is 2.35. The van der Waals surface area contributed by atoms with E-state index in [1.165, 1.54) is 0 Å². The van der Waals surface area contributed by atoms with E-state index >= 15 is 0 Å². The molecule has 2 aliphatic rings. The van der Waals surface area contributed by atoms with E-state index in [0.717, 1.165) is 19.3 Å². The lowest BCUT2D eigenvalue weighted by atomic mass is 9.48. The van der Waals surface area contributed by atoms with Crippen LogP contribution in [0.15, 0.2) is 0 Å². The second kappa shape index (κ2) is 4.49. The van der Waals surface area contributed by atoms with Gasteiger partial charge in [0.1, 0.15) is 6.10 Å². The van der Waals surface area contributed by atoms with Crippen LogP contribution in [0.3, 0.4) is 0 Å². The Morgan fingerprint density at radius 2 is 1.83 bits per heavy atom. The number of carbonyl (C=O) groups excluding carboxylic acids is 1. The van der Waals surface area contributed by atoms with E-state index in [1.807, 2.05) is 0 Å². The number of nitrogens with one attached hydrogen (secondary N) is 1. The molecular formula is C14H26N2O2. The van der Waals surface area contributed by atoms with Crippen molar-refractivity contribution < 1.29 is 9.53 Å². The molecule has 4 nitrogen and oxygen atoms in total. The zero-order chi connectivity index (χ0) is 13.6. The van der Waals surface area contributed by atoms with Gasteiger partial charge in [-0.3, -0.25) is 4.79 Å². The summed E-state index contributed by atoms with van der Waals surface area (Å²) in [5.74, 6) is 0.0350. The Hall–Kier alpha value is -0.610. The third kappa shape index (κ3) is 2.05. The first-order chi connectivity index (χ1) is 8.28. The molecule has 2 rings (SSSR count). The highest BCUT2D eigenvalue weighted by atomic mass is 16.5. The zero-order valence-corrected chi connectivity index (χ0v) is 12.0. The summed E-state index contributed by atoms with van der Waals surface area (Å²) in [5, 5.41) is 3.15. The Labute approximate surface area is 110 Å². The van der Waals surface area contributed by atoms with Crippen molar-refractivity contribution in [2.75, 3.05) is 6.61 Å². The summed E-state index contributed by atoms with van der Waals surface area (Å²) in [6, 6.07) is 0.237. The Kier molecular flexibility index (Phi) is 3.45. The quantitative estimate of drug-likeness (QED) is 0.783. The van der Waals surface area contributed by atoms with Crippen LogP contribution in [0, 0.1) is 10.8 Å². The predicted octanol–water partition coefficient (Wildman–Crippen LogP) is 1.43. The highest BCUT2D eigenvalue weighted by Gasteiger charge is 2.60. The fraction of sp³-hybridized carbons (Fsp3) is 0.929. The van der Waals surface area contributed by atoms with E-state index in [0.29, 0.717) is 6.61 Å². The van der Waals surface area contributed by atoms with Crippen LogP contribution in [0.2, 0.25) is 0 Å². The SMILES string of the molecule is CC1(C)C(N)C(C)(C)C1NC(=O)C1CCCCO1. The highest BCUT2D eigenvalue weighted by molar-refractivity contribution is 5.81. The zero-order valence-electron chi connectivity index (χ0n) is 12.0. The topological polar surface area (TPSA) is 64.3 Å². The van der Waals surface area contributed by atoms with Crippen LogP contribution in [0.5, 0.6) is 0 Å². The van der Waals surface area contributed by atoms with Gasteiger partial charge in [-0.15, -0.1) is 0 Å². The Morgan fingerprint density at radius 1 is 1.22 bits per heavy atom. The number of nitrogens with two attached hydrogens (primary N) is 1. The standard InChI is InChI=1S/C14H26N2O2/c1-13(2)11(15)14(3,4)12(13)16-10(17)9-7-5-6-8-18-9/h9,11-12H,5-8,15H2,1-4H3,(H,16,17). The smallest absolute Gasteiger partial charge is 0.249 e. The second-order valence-corrected chi connectivity index (χ2v) is 6.92. The van der Waals surface area contributed by atoms with Gasteiger partial charge in [-0.2, -0.15) is 0 Å². The summed E-state index contributed by atoms with van der Waals surface area (Å²) in [5.41, 5.74) is 6.10. The summed E-state index contributed by atoms with van der Waals surface area (Å²) in [4.78, 5) is 12.2. The minimum absolute atomic E-state index is 0.0350. The van der Waals surface area contributed by atoms with E-state index < -0.39 is 0 Å². The predicted molar refractivity (Wildman–Crippen MR) is 71.1 cm³/mol. The van der Waals surface area contributed by atoms with E-state index in [4.69, 9.17) is 10.5 Å². The molecule has 0 spiro atoms. The molecule has 1 saturated heterocycles. The monoisotopic (exact) mass is 254 g/mol. The number of amides is 1. The lowest BCUT2D eigenvalue weighted by Gasteiger charge is -2.63. The van der Waals surface area contributed by atoms with Crippen LogP contribution in [0.25, 0.3) is 0 Å². The molecular weight excluding hydrogens is 228 g/mol. The molecule has 0 bridgehead atoms. The van der Waals surface area contributed by atoms with E-state index in [9.17, 15) is 4.79 Å². The van der Waals surface area contributed by atoms with Crippen molar-refractivity contribution in [3.05, 3.63) is 0 Å². The lowest BCUT2D eigenvalue weighted by Crippen LogP contribution is -2.76. The van der Waals surface area contributed by atoms with E-state index in [-0.39, 0.29) is 34.9 Å². The van der Waals surface area contributed by atoms with E-state index in [2.05, 4.69) is 33.0 Å². The van der Waals surface area contributed by atoms with Crippen LogP contribution < -0.4 is 11.1 Å². The van der Waals surface area contributed by atoms with Gasteiger partial charge in [-0.1, -0.05) is 27.7 Å². The number of hydrogen-bond donors (Lipinski definition) is 2. The van der Waals surface area contributed by atoms with Crippen molar-refractivity contribution in [1.82, 2.24) is 5.32 Å². The largest absolute Gasteiger partial charge is 0.368 e. The van der Waals surface area contributed by atoms with Crippen LogP contribution in [-0.2, 0) is 9.53 Å². The van der Waals surface area contributed by atoms with Gasteiger partial charge in [-0.25, -0.2) is 0 Å². The lowest BCUT2D eigenvalue weighted by molar-refractivity contribution is -0.145. The van der Waals surface area contributed by atoms with Gasteiger partial charge < -0.3 is 15.8 Å². The number of ether oxygens (including phenoxy) is 1. The van der Waals surface area contributed by atoms with Gasteiger partial charge in [0, 0.05) is 29.5 Å². The minimum atomic E-state index is -0.262. The maximum atomic E-state index is 12.2. The molecule has 2 fully saturated rings. The van der Waals surface area contributed by atoms with Crippen LogP contribution >= 0.6 is 0 Å². The molecule has 1 aliphatic carbocycles. The Bertz CT molecular complexity index is 317. The molecule has 1 atom stereocenters. The fourth-order valence-electron chi connectivity index (χ4n) is 3.74. The van der Waals surface area contributed by atoms with Crippen molar-refractivity contribution in [2.24, 2.45) is 16.6 Å². The van der Waals surface area contributed by atoms with Crippen molar-refractivity contribution in [2.45, 2.75) is 65.1 Å². The molecule has 1 amide bonds. The minimum Gasteiger partial charge on any atom is -0.368 e. The first kappa shape index (κ1) is 13.8. The molecule has 4 heteroatoms. The van der Waals surface area contributed by atoms with Gasteiger partial charge in [0.05, 0.1) is 0 Å². The van der Waals surface area contributed by atoms with Gasteiger partial charge in [0.2, 0.25) is 5.91 Å². The van der Waals surface area contributed by atoms with Crippen molar-refractivity contribution in [3.63, 3.8) is 0 Å². The number of rotatable bonds is 2. The van der Waals surface area contributed by atoms with Gasteiger partial charge in [0.25, 0.3) is 0 Å². The number of hydrogen-bond acceptors (Lipinski definition) is 3. The maximum Gasteiger partial charge on any atom is 0.249 e. The van der Waals surface area contributed by atoms with Crippen LogP contribution in [0.4, 0.5) is 0 Å². The fourth-order valence-corrected chi connectivity index (χ4v) is 3.74. The molecule has 1 heterocycles. The summed E-state index contributed by atoms with van der Waals surface area (Å²) < 4.78 is 5.53. The van der Waals surface area contributed by atoms with Crippen molar-refractivity contribution >= 4 is 5.91 Å². The maximum absolute atomic E-state index is 12.2. The van der Waals surface area contributed by atoms with Crippen molar-refractivity contribution in [1.29, 1.82) is 0 Å². The summed E-state index contributed by atoms with van der Waals surface area (Å²) in [7, 11) is 0. The van der Waals surface area contributed by atoms with Gasteiger partial charge in [-0.05, 0) is 19.3 Å². The molecule has 0 aromatic carbocycles.